The monoisotopic (exact) mass is 254 g/mol. The summed E-state index contributed by atoms with van der Waals surface area (Å²) in [4.78, 5) is 9.06. The van der Waals surface area contributed by atoms with Gasteiger partial charge in [-0.2, -0.15) is 0 Å². The fraction of sp³-hybridized carbons (Fsp3) is 0.375. The largest absolute Gasteiger partial charge is 0.390 e. The molecule has 1 fully saturated rings. The van der Waals surface area contributed by atoms with Gasteiger partial charge in [0.1, 0.15) is 5.82 Å². The van der Waals surface area contributed by atoms with Crippen molar-refractivity contribution in [3.63, 3.8) is 0 Å². The molecule has 1 saturated carbocycles. The molecule has 19 heavy (non-hydrogen) atoms. The van der Waals surface area contributed by atoms with E-state index in [0.29, 0.717) is 5.69 Å². The lowest BCUT2D eigenvalue weighted by atomic mass is 9.78. The van der Waals surface area contributed by atoms with Crippen LogP contribution in [0.25, 0.3) is 0 Å². The maximum atomic E-state index is 9.27. The molecule has 1 aliphatic carbocycles. The molecule has 1 heterocycles. The third-order valence-corrected chi connectivity index (χ3v) is 4.09. The van der Waals surface area contributed by atoms with Crippen LogP contribution in [-0.4, -0.2) is 15.1 Å². The molecule has 1 aromatic carbocycles. The molecule has 0 radical (unpaired) electrons. The van der Waals surface area contributed by atoms with Crippen LogP contribution >= 0.6 is 0 Å². The van der Waals surface area contributed by atoms with E-state index in [0.717, 1.165) is 18.7 Å². The average molecular weight is 254 g/mol. The Labute approximate surface area is 113 Å². The van der Waals surface area contributed by atoms with Gasteiger partial charge in [-0.25, -0.2) is 9.97 Å². The van der Waals surface area contributed by atoms with Crippen molar-refractivity contribution in [1.82, 2.24) is 9.97 Å². The lowest BCUT2D eigenvalue weighted by Gasteiger charge is -2.28. The van der Waals surface area contributed by atoms with Crippen LogP contribution in [0.2, 0.25) is 0 Å². The van der Waals surface area contributed by atoms with Gasteiger partial charge in [0.25, 0.3) is 0 Å². The number of nitrogens with zero attached hydrogens (tertiary/aromatic N) is 2. The fourth-order valence-electron chi connectivity index (χ4n) is 3.09. The first-order valence-electron chi connectivity index (χ1n) is 6.84. The zero-order chi connectivity index (χ0) is 13.1. The predicted octanol–water partition coefficient (Wildman–Crippen LogP) is 2.83. The van der Waals surface area contributed by atoms with E-state index in [-0.39, 0.29) is 12.0 Å². The topological polar surface area (TPSA) is 46.0 Å². The first-order valence-corrected chi connectivity index (χ1v) is 6.84. The van der Waals surface area contributed by atoms with E-state index in [1.54, 1.807) is 12.3 Å². The van der Waals surface area contributed by atoms with Crippen LogP contribution in [0.1, 0.15) is 42.8 Å². The minimum Gasteiger partial charge on any atom is -0.390 e. The third-order valence-electron chi connectivity index (χ3n) is 4.09. The van der Waals surface area contributed by atoms with Crippen molar-refractivity contribution in [1.29, 1.82) is 0 Å². The Balaban J connectivity index is 2.10. The molecule has 2 aromatic rings. The van der Waals surface area contributed by atoms with Gasteiger partial charge in [0, 0.05) is 6.20 Å². The lowest BCUT2D eigenvalue weighted by molar-refractivity contribution is 0.275. The Morgan fingerprint density at radius 2 is 1.79 bits per heavy atom. The number of hydrogen-bond donors (Lipinski definition) is 1. The molecule has 1 aromatic heterocycles. The summed E-state index contributed by atoms with van der Waals surface area (Å²) in [6.07, 6.45) is 6.36. The van der Waals surface area contributed by atoms with Gasteiger partial charge < -0.3 is 5.11 Å². The van der Waals surface area contributed by atoms with Crippen LogP contribution in [0, 0.1) is 0 Å². The van der Waals surface area contributed by atoms with Crippen molar-refractivity contribution >= 4 is 0 Å². The van der Waals surface area contributed by atoms with Crippen molar-refractivity contribution in [2.75, 3.05) is 0 Å². The minimum absolute atomic E-state index is 0.0274. The van der Waals surface area contributed by atoms with E-state index < -0.39 is 0 Å². The van der Waals surface area contributed by atoms with Gasteiger partial charge in [-0.1, -0.05) is 43.2 Å². The van der Waals surface area contributed by atoms with Crippen molar-refractivity contribution < 1.29 is 5.11 Å². The fourth-order valence-corrected chi connectivity index (χ4v) is 3.09. The number of aromatic nitrogens is 2. The van der Waals surface area contributed by atoms with Gasteiger partial charge in [0.2, 0.25) is 0 Å². The summed E-state index contributed by atoms with van der Waals surface area (Å²) in [6, 6.07) is 12.3. The highest BCUT2D eigenvalue weighted by Crippen LogP contribution is 2.44. The second-order valence-electron chi connectivity index (χ2n) is 5.18. The summed E-state index contributed by atoms with van der Waals surface area (Å²) in [6.45, 7) is -0.0274. The van der Waals surface area contributed by atoms with Crippen LogP contribution < -0.4 is 0 Å². The molecule has 3 nitrogen and oxygen atoms in total. The highest BCUT2D eigenvalue weighted by Gasteiger charge is 2.39. The Kier molecular flexibility index (Phi) is 3.30. The van der Waals surface area contributed by atoms with Gasteiger partial charge in [-0.05, 0) is 24.5 Å². The van der Waals surface area contributed by atoms with Gasteiger partial charge >= 0.3 is 0 Å². The van der Waals surface area contributed by atoms with Crippen LogP contribution in [0.3, 0.4) is 0 Å². The second-order valence-corrected chi connectivity index (χ2v) is 5.18. The van der Waals surface area contributed by atoms with E-state index in [9.17, 15) is 5.11 Å². The molecule has 0 unspecified atom stereocenters. The highest BCUT2D eigenvalue weighted by molar-refractivity contribution is 5.34. The van der Waals surface area contributed by atoms with Crippen molar-refractivity contribution in [2.24, 2.45) is 0 Å². The lowest BCUT2D eigenvalue weighted by Crippen LogP contribution is -2.27. The van der Waals surface area contributed by atoms with Crippen LogP contribution in [0.5, 0.6) is 0 Å². The first-order chi connectivity index (χ1) is 9.35. The summed E-state index contributed by atoms with van der Waals surface area (Å²) < 4.78 is 0. The quantitative estimate of drug-likeness (QED) is 0.916. The summed E-state index contributed by atoms with van der Waals surface area (Å²) >= 11 is 0. The smallest absolute Gasteiger partial charge is 0.139 e. The van der Waals surface area contributed by atoms with Crippen LogP contribution in [0.4, 0.5) is 0 Å². The van der Waals surface area contributed by atoms with Gasteiger partial charge in [-0.15, -0.1) is 0 Å². The maximum Gasteiger partial charge on any atom is 0.139 e. The summed E-state index contributed by atoms with van der Waals surface area (Å²) in [7, 11) is 0. The SMILES string of the molecule is OCc1ccnc(C2(c3ccccc3)CCCC2)n1. The number of hydrogen-bond acceptors (Lipinski definition) is 3. The molecule has 98 valence electrons. The number of aliphatic hydroxyl groups excluding tert-OH is 1. The van der Waals surface area contributed by atoms with Gasteiger partial charge in [-0.3, -0.25) is 0 Å². The summed E-state index contributed by atoms with van der Waals surface area (Å²) in [5, 5.41) is 9.27. The Bertz CT molecular complexity index is 548. The van der Waals surface area contributed by atoms with E-state index in [1.165, 1.54) is 18.4 Å². The molecule has 0 saturated heterocycles. The first kappa shape index (κ1) is 12.3. The molecule has 1 N–H and O–H groups in total. The predicted molar refractivity (Wildman–Crippen MR) is 73.6 cm³/mol. The van der Waals surface area contributed by atoms with Crippen molar-refractivity contribution in [3.8, 4) is 0 Å². The maximum absolute atomic E-state index is 9.27. The molecular formula is C16H18N2O. The molecule has 3 rings (SSSR count). The van der Waals surface area contributed by atoms with E-state index in [4.69, 9.17) is 0 Å². The number of rotatable bonds is 3. The van der Waals surface area contributed by atoms with E-state index in [1.807, 2.05) is 6.07 Å². The standard InChI is InChI=1S/C16H18N2O/c19-12-14-8-11-17-15(18-14)16(9-4-5-10-16)13-6-2-1-3-7-13/h1-3,6-8,11,19H,4-5,9-10,12H2. The van der Waals surface area contributed by atoms with Crippen molar-refractivity contribution in [2.45, 2.75) is 37.7 Å². The van der Waals surface area contributed by atoms with Crippen LogP contribution in [0.15, 0.2) is 42.6 Å². The molecule has 0 bridgehead atoms. The van der Waals surface area contributed by atoms with Gasteiger partial charge in [0.05, 0.1) is 17.7 Å². The van der Waals surface area contributed by atoms with Crippen molar-refractivity contribution in [3.05, 3.63) is 59.7 Å². The summed E-state index contributed by atoms with van der Waals surface area (Å²) in [5.41, 5.74) is 1.93. The Morgan fingerprint density at radius 1 is 1.05 bits per heavy atom. The highest BCUT2D eigenvalue weighted by atomic mass is 16.3. The Morgan fingerprint density at radius 3 is 2.47 bits per heavy atom. The number of aliphatic hydroxyl groups is 1. The second kappa shape index (κ2) is 5.10. The Hall–Kier alpha value is -1.74. The van der Waals surface area contributed by atoms with E-state index >= 15 is 0 Å². The summed E-state index contributed by atoms with van der Waals surface area (Å²) in [5.74, 6) is 0.864. The zero-order valence-electron chi connectivity index (χ0n) is 10.9. The van der Waals surface area contributed by atoms with Crippen LogP contribution in [-0.2, 0) is 12.0 Å². The van der Waals surface area contributed by atoms with E-state index in [2.05, 4.69) is 34.2 Å². The molecule has 0 aliphatic heterocycles. The minimum atomic E-state index is -0.0631. The third kappa shape index (κ3) is 2.15. The van der Waals surface area contributed by atoms with Gasteiger partial charge in [0.15, 0.2) is 0 Å². The molecule has 0 spiro atoms. The zero-order valence-corrected chi connectivity index (χ0v) is 10.9. The molecule has 1 aliphatic rings. The average Bonchev–Trinajstić information content (AvgIpc) is 2.99. The number of benzene rings is 1. The molecule has 0 amide bonds. The normalized spacial score (nSPS) is 17.5. The molecular weight excluding hydrogens is 236 g/mol. The molecule has 0 atom stereocenters. The molecule has 3 heteroatoms.